The van der Waals surface area contributed by atoms with E-state index in [1.807, 2.05) is 0 Å². The number of imide groups is 1. The second-order valence-corrected chi connectivity index (χ2v) is 7.59. The molecule has 8 nitrogen and oxygen atoms in total. The van der Waals surface area contributed by atoms with Crippen LogP contribution < -0.4 is 10.2 Å². The highest BCUT2D eigenvalue weighted by Crippen LogP contribution is 2.38. The van der Waals surface area contributed by atoms with E-state index in [-0.39, 0.29) is 17.9 Å². The summed E-state index contributed by atoms with van der Waals surface area (Å²) in [5.74, 6) is 1.04. The largest absolute Gasteiger partial charge is 0.353 e. The van der Waals surface area contributed by atoms with E-state index in [0.717, 1.165) is 57.7 Å². The third kappa shape index (κ3) is 2.92. The minimum atomic E-state index is -0.670. The molecule has 8 heteroatoms. The van der Waals surface area contributed by atoms with Crippen LogP contribution in [0, 0.1) is 5.92 Å². The molecule has 140 valence electrons. The Morgan fingerprint density at radius 2 is 2.00 bits per heavy atom. The lowest BCUT2D eigenvalue weighted by atomic mass is 9.73. The van der Waals surface area contributed by atoms with Crippen molar-refractivity contribution in [1.29, 1.82) is 0 Å². The van der Waals surface area contributed by atoms with Crippen LogP contribution in [0.2, 0.25) is 0 Å². The molecule has 1 aromatic heterocycles. The number of carbonyl (C=O) groups is 2. The van der Waals surface area contributed by atoms with Crippen molar-refractivity contribution in [3.05, 3.63) is 18.6 Å². The minimum Gasteiger partial charge on any atom is -0.353 e. The van der Waals surface area contributed by atoms with Crippen molar-refractivity contribution < 1.29 is 9.59 Å². The fourth-order valence-electron chi connectivity index (χ4n) is 4.40. The number of rotatable bonds is 3. The Morgan fingerprint density at radius 1 is 1.19 bits per heavy atom. The topological polar surface area (TPSA) is 81.7 Å². The van der Waals surface area contributed by atoms with Gasteiger partial charge >= 0.3 is 6.03 Å². The molecule has 3 heterocycles. The molecule has 4 rings (SSSR count). The van der Waals surface area contributed by atoms with Crippen molar-refractivity contribution in [3.63, 3.8) is 0 Å². The molecule has 1 saturated carbocycles. The Labute approximate surface area is 153 Å². The average molecular weight is 358 g/mol. The van der Waals surface area contributed by atoms with Gasteiger partial charge in [0.25, 0.3) is 5.91 Å². The van der Waals surface area contributed by atoms with E-state index >= 15 is 0 Å². The normalized spacial score (nSPS) is 30.1. The van der Waals surface area contributed by atoms with Crippen molar-refractivity contribution in [1.82, 2.24) is 25.1 Å². The van der Waals surface area contributed by atoms with Gasteiger partial charge in [-0.1, -0.05) is 19.8 Å². The van der Waals surface area contributed by atoms with Crippen LogP contribution in [0.3, 0.4) is 0 Å². The number of anilines is 1. The van der Waals surface area contributed by atoms with Gasteiger partial charge in [0, 0.05) is 38.6 Å². The van der Waals surface area contributed by atoms with Gasteiger partial charge in [0.2, 0.25) is 0 Å². The Balaban J connectivity index is 1.38. The number of carbonyl (C=O) groups excluding carboxylic acids is 2. The summed E-state index contributed by atoms with van der Waals surface area (Å²) in [5.41, 5.74) is -0.670. The number of amides is 3. The van der Waals surface area contributed by atoms with E-state index < -0.39 is 5.54 Å². The molecule has 0 aromatic carbocycles. The SMILES string of the molecule is C[C@H]1CCCC[C@]12NC(=O)N(CN1CCN(c3cnccn3)CC1)C2=O. The Kier molecular flexibility index (Phi) is 4.52. The summed E-state index contributed by atoms with van der Waals surface area (Å²) in [5, 5.41) is 3.03. The van der Waals surface area contributed by atoms with Crippen molar-refractivity contribution >= 4 is 17.8 Å². The van der Waals surface area contributed by atoms with E-state index in [4.69, 9.17) is 0 Å². The van der Waals surface area contributed by atoms with Gasteiger partial charge in [-0.25, -0.2) is 14.7 Å². The summed E-state index contributed by atoms with van der Waals surface area (Å²) in [6, 6.07) is -0.236. The maximum atomic E-state index is 13.0. The number of aromatic nitrogens is 2. The summed E-state index contributed by atoms with van der Waals surface area (Å²) in [6.45, 7) is 5.65. The molecule has 26 heavy (non-hydrogen) atoms. The van der Waals surface area contributed by atoms with Crippen LogP contribution in [0.15, 0.2) is 18.6 Å². The molecule has 0 bridgehead atoms. The second-order valence-electron chi connectivity index (χ2n) is 7.59. The molecule has 1 aromatic rings. The Bertz CT molecular complexity index is 676. The van der Waals surface area contributed by atoms with Crippen molar-refractivity contribution in [2.45, 2.75) is 38.1 Å². The van der Waals surface area contributed by atoms with E-state index in [0.29, 0.717) is 6.67 Å². The lowest BCUT2D eigenvalue weighted by Crippen LogP contribution is -2.55. The molecule has 3 aliphatic rings. The van der Waals surface area contributed by atoms with Gasteiger partial charge in [-0.2, -0.15) is 0 Å². The van der Waals surface area contributed by atoms with Gasteiger partial charge in [-0.15, -0.1) is 0 Å². The highest BCUT2D eigenvalue weighted by Gasteiger charge is 2.55. The number of hydrogen-bond donors (Lipinski definition) is 1. The molecule has 0 unspecified atom stereocenters. The quantitative estimate of drug-likeness (QED) is 0.814. The van der Waals surface area contributed by atoms with Crippen molar-refractivity contribution in [2.24, 2.45) is 5.92 Å². The van der Waals surface area contributed by atoms with Crippen molar-refractivity contribution in [3.8, 4) is 0 Å². The van der Waals surface area contributed by atoms with Gasteiger partial charge in [-0.05, 0) is 18.8 Å². The van der Waals surface area contributed by atoms with Crippen molar-refractivity contribution in [2.75, 3.05) is 37.7 Å². The third-order valence-corrected chi connectivity index (χ3v) is 6.09. The molecule has 2 aliphatic heterocycles. The minimum absolute atomic E-state index is 0.0361. The van der Waals surface area contributed by atoms with E-state index in [1.165, 1.54) is 4.90 Å². The molecule has 0 radical (unpaired) electrons. The molecule has 1 spiro atoms. The maximum Gasteiger partial charge on any atom is 0.326 e. The van der Waals surface area contributed by atoms with E-state index in [1.54, 1.807) is 18.6 Å². The molecular weight excluding hydrogens is 332 g/mol. The number of nitrogens with zero attached hydrogens (tertiary/aromatic N) is 5. The first-order valence-electron chi connectivity index (χ1n) is 9.47. The maximum absolute atomic E-state index is 13.0. The summed E-state index contributed by atoms with van der Waals surface area (Å²) >= 11 is 0. The summed E-state index contributed by atoms with van der Waals surface area (Å²) in [6.07, 6.45) is 9.02. The summed E-state index contributed by atoms with van der Waals surface area (Å²) in [7, 11) is 0. The van der Waals surface area contributed by atoms with Crippen LogP contribution in [0.4, 0.5) is 10.6 Å². The molecule has 2 saturated heterocycles. The van der Waals surface area contributed by atoms with E-state index in [9.17, 15) is 9.59 Å². The number of piperazine rings is 1. The number of nitrogens with one attached hydrogen (secondary N) is 1. The first-order chi connectivity index (χ1) is 12.6. The van der Waals surface area contributed by atoms with Gasteiger partial charge in [0.1, 0.15) is 11.4 Å². The van der Waals surface area contributed by atoms with E-state index in [2.05, 4.69) is 32.0 Å². The predicted molar refractivity (Wildman–Crippen MR) is 96.4 cm³/mol. The standard InChI is InChI=1S/C18H26N6O2/c1-14-4-2-3-5-18(14)16(25)24(17(26)21-18)13-22-8-10-23(11-9-22)15-12-19-6-7-20-15/h6-7,12,14H,2-5,8-11,13H2,1H3,(H,21,26)/t14-,18-/m0/s1. The zero-order chi connectivity index (χ0) is 18.1. The molecule has 1 aliphatic carbocycles. The number of urea groups is 1. The average Bonchev–Trinajstić information content (AvgIpc) is 2.90. The lowest BCUT2D eigenvalue weighted by Gasteiger charge is -2.38. The first kappa shape index (κ1) is 17.2. The molecule has 3 amide bonds. The van der Waals surface area contributed by atoms with Crippen LogP contribution in [-0.2, 0) is 4.79 Å². The zero-order valence-corrected chi connectivity index (χ0v) is 15.2. The molecular formula is C18H26N6O2. The van der Waals surface area contributed by atoms with Crippen LogP contribution in [0.1, 0.15) is 32.6 Å². The summed E-state index contributed by atoms with van der Waals surface area (Å²) in [4.78, 5) is 39.8. The highest BCUT2D eigenvalue weighted by molar-refractivity contribution is 6.07. The van der Waals surface area contributed by atoms with Crippen LogP contribution in [-0.4, -0.2) is 70.1 Å². The molecule has 1 N–H and O–H groups in total. The molecule has 3 fully saturated rings. The first-order valence-corrected chi connectivity index (χ1v) is 9.47. The predicted octanol–water partition coefficient (Wildman–Crippen LogP) is 1.06. The second kappa shape index (κ2) is 6.83. The third-order valence-electron chi connectivity index (χ3n) is 6.09. The van der Waals surface area contributed by atoms with Gasteiger partial charge < -0.3 is 10.2 Å². The van der Waals surface area contributed by atoms with Crippen LogP contribution in [0.25, 0.3) is 0 Å². The Hall–Kier alpha value is -2.22. The van der Waals surface area contributed by atoms with Crippen LogP contribution >= 0.6 is 0 Å². The van der Waals surface area contributed by atoms with Crippen LogP contribution in [0.5, 0.6) is 0 Å². The van der Waals surface area contributed by atoms with Gasteiger partial charge in [-0.3, -0.25) is 14.7 Å². The smallest absolute Gasteiger partial charge is 0.326 e. The number of hydrogen-bond acceptors (Lipinski definition) is 6. The Morgan fingerprint density at radius 3 is 2.69 bits per heavy atom. The monoisotopic (exact) mass is 358 g/mol. The van der Waals surface area contributed by atoms with Gasteiger partial charge in [0.05, 0.1) is 12.9 Å². The lowest BCUT2D eigenvalue weighted by molar-refractivity contribution is -0.135. The fourth-order valence-corrected chi connectivity index (χ4v) is 4.40. The molecule has 2 atom stereocenters. The van der Waals surface area contributed by atoms with Gasteiger partial charge in [0.15, 0.2) is 0 Å². The highest BCUT2D eigenvalue weighted by atomic mass is 16.2. The fraction of sp³-hybridized carbons (Fsp3) is 0.667. The summed E-state index contributed by atoms with van der Waals surface area (Å²) < 4.78 is 0. The zero-order valence-electron chi connectivity index (χ0n) is 15.2.